The molecule has 0 spiro atoms. The molecule has 1 aliphatic heterocycles. The van der Waals surface area contributed by atoms with Gasteiger partial charge < -0.3 is 4.74 Å². The van der Waals surface area contributed by atoms with Gasteiger partial charge in [0.1, 0.15) is 9.68 Å². The number of ether oxygens (including phenoxy) is 1. The van der Waals surface area contributed by atoms with Gasteiger partial charge in [-0.1, -0.05) is 0 Å². The lowest BCUT2D eigenvalue weighted by atomic mass is 10.1. The highest BCUT2D eigenvalue weighted by Crippen LogP contribution is 2.50. The highest BCUT2D eigenvalue weighted by molar-refractivity contribution is 8.02. The van der Waals surface area contributed by atoms with Gasteiger partial charge in [0, 0.05) is 7.11 Å². The Labute approximate surface area is 71.9 Å². The quantitative estimate of drug-likeness (QED) is 0.606. The summed E-state index contributed by atoms with van der Waals surface area (Å²) in [7, 11) is 1.70. The van der Waals surface area contributed by atoms with Gasteiger partial charge in [0.15, 0.2) is 0 Å². The van der Waals surface area contributed by atoms with Gasteiger partial charge >= 0.3 is 0 Å². The Bertz CT molecular complexity index is 201. The van der Waals surface area contributed by atoms with Gasteiger partial charge in [0.25, 0.3) is 0 Å². The molecular weight excluding hydrogens is 158 g/mol. The predicted molar refractivity (Wildman–Crippen MR) is 46.3 cm³/mol. The topological polar surface area (TPSA) is 33.0 Å². The lowest BCUT2D eigenvalue weighted by Gasteiger charge is -2.22. The number of hydrogen-bond acceptors (Lipinski definition) is 3. The van der Waals surface area contributed by atoms with E-state index >= 15 is 0 Å². The second-order valence-corrected chi connectivity index (χ2v) is 5.25. The van der Waals surface area contributed by atoms with Gasteiger partial charge in [0.05, 0.1) is 6.07 Å². The van der Waals surface area contributed by atoms with Crippen molar-refractivity contribution in [1.29, 1.82) is 5.26 Å². The summed E-state index contributed by atoms with van der Waals surface area (Å²) in [6.45, 7) is 4.02. The second-order valence-electron chi connectivity index (χ2n) is 3.28. The fourth-order valence-corrected chi connectivity index (χ4v) is 2.76. The zero-order valence-corrected chi connectivity index (χ0v) is 7.99. The van der Waals surface area contributed by atoms with E-state index in [0.29, 0.717) is 0 Å². The summed E-state index contributed by atoms with van der Waals surface area (Å²) in [5.74, 6) is 0. The van der Waals surface area contributed by atoms with Crippen molar-refractivity contribution in [3.05, 3.63) is 0 Å². The summed E-state index contributed by atoms with van der Waals surface area (Å²) in [6.07, 6.45) is 1.90. The number of thioether (sulfide) groups is 1. The van der Waals surface area contributed by atoms with Crippen LogP contribution in [-0.2, 0) is 4.74 Å². The number of rotatable bonds is 1. The lowest BCUT2D eigenvalue weighted by molar-refractivity contribution is 0.0851. The fraction of sp³-hybridized carbons (Fsp3) is 0.875. The molecule has 1 heterocycles. The molecule has 2 nitrogen and oxygen atoms in total. The molecule has 0 aromatic carbocycles. The summed E-state index contributed by atoms with van der Waals surface area (Å²) in [5, 5.41) is 8.83. The number of nitriles is 1. The first-order valence-corrected chi connectivity index (χ1v) is 4.52. The van der Waals surface area contributed by atoms with Crippen molar-refractivity contribution in [1.82, 2.24) is 0 Å². The Balaban J connectivity index is 2.68. The number of hydrogen-bond donors (Lipinski definition) is 0. The standard InChI is InChI=1S/C8H13NOS/c1-7(6-9)4-5-8(2,10-3)11-7/h4-5H2,1-3H3. The molecule has 0 aromatic rings. The first-order valence-electron chi connectivity index (χ1n) is 3.70. The highest BCUT2D eigenvalue weighted by atomic mass is 32.2. The molecule has 0 N–H and O–H groups in total. The minimum absolute atomic E-state index is 0.134. The minimum atomic E-state index is -0.231. The Kier molecular flexibility index (Phi) is 2.17. The van der Waals surface area contributed by atoms with E-state index < -0.39 is 0 Å². The summed E-state index contributed by atoms with van der Waals surface area (Å²) in [5.41, 5.74) is 0. The van der Waals surface area contributed by atoms with Crippen molar-refractivity contribution in [3.8, 4) is 6.07 Å². The Morgan fingerprint density at radius 1 is 1.45 bits per heavy atom. The van der Waals surface area contributed by atoms with Crippen molar-refractivity contribution >= 4 is 11.8 Å². The average molecular weight is 171 g/mol. The maximum absolute atomic E-state index is 8.83. The van der Waals surface area contributed by atoms with Crippen LogP contribution in [-0.4, -0.2) is 16.8 Å². The lowest BCUT2D eigenvalue weighted by Crippen LogP contribution is -2.20. The normalized spacial score (nSPS) is 43.8. The first kappa shape index (κ1) is 8.89. The van der Waals surface area contributed by atoms with Crippen LogP contribution in [0.4, 0.5) is 0 Å². The molecule has 2 atom stereocenters. The van der Waals surface area contributed by atoms with E-state index in [1.54, 1.807) is 18.9 Å². The molecule has 0 bridgehead atoms. The molecule has 0 aromatic heterocycles. The van der Waals surface area contributed by atoms with E-state index in [0.717, 1.165) is 12.8 Å². The van der Waals surface area contributed by atoms with E-state index in [9.17, 15) is 0 Å². The molecule has 0 amide bonds. The summed E-state index contributed by atoms with van der Waals surface area (Å²) in [4.78, 5) is -0.134. The van der Waals surface area contributed by atoms with Crippen molar-refractivity contribution in [3.63, 3.8) is 0 Å². The fourth-order valence-electron chi connectivity index (χ4n) is 1.27. The summed E-state index contributed by atoms with van der Waals surface area (Å²) < 4.78 is 5.08. The SMILES string of the molecule is COC1(C)CCC(C)(C#N)S1. The van der Waals surface area contributed by atoms with Crippen LogP contribution < -0.4 is 0 Å². The first-order chi connectivity index (χ1) is 5.04. The second kappa shape index (κ2) is 2.69. The Morgan fingerprint density at radius 3 is 2.36 bits per heavy atom. The molecule has 0 saturated carbocycles. The van der Waals surface area contributed by atoms with Crippen molar-refractivity contribution in [2.45, 2.75) is 36.4 Å². The Hall–Kier alpha value is -0.200. The monoisotopic (exact) mass is 171 g/mol. The molecule has 1 aliphatic rings. The number of nitrogens with zero attached hydrogens (tertiary/aromatic N) is 1. The summed E-state index contributed by atoms with van der Waals surface area (Å²) in [6, 6.07) is 2.31. The van der Waals surface area contributed by atoms with Crippen molar-refractivity contribution < 1.29 is 4.74 Å². The highest BCUT2D eigenvalue weighted by Gasteiger charge is 2.43. The maximum Gasteiger partial charge on any atom is 0.112 e. The van der Waals surface area contributed by atoms with Crippen LogP contribution in [0.1, 0.15) is 26.7 Å². The third-order valence-corrected chi connectivity index (χ3v) is 3.71. The average Bonchev–Trinajstić information content (AvgIpc) is 2.30. The minimum Gasteiger partial charge on any atom is -0.368 e. The van der Waals surface area contributed by atoms with E-state index in [4.69, 9.17) is 10.00 Å². The van der Waals surface area contributed by atoms with Crippen LogP contribution >= 0.6 is 11.8 Å². The zero-order chi connectivity index (χ0) is 8.54. The third kappa shape index (κ3) is 1.69. The van der Waals surface area contributed by atoms with Gasteiger partial charge in [-0.3, -0.25) is 0 Å². The van der Waals surface area contributed by atoms with Crippen LogP contribution in [0.15, 0.2) is 0 Å². The number of methoxy groups -OCH3 is 1. The van der Waals surface area contributed by atoms with E-state index in [-0.39, 0.29) is 9.68 Å². The zero-order valence-electron chi connectivity index (χ0n) is 7.18. The molecule has 1 fully saturated rings. The molecule has 11 heavy (non-hydrogen) atoms. The molecule has 1 saturated heterocycles. The van der Waals surface area contributed by atoms with Crippen LogP contribution in [0.2, 0.25) is 0 Å². The van der Waals surface area contributed by atoms with E-state index in [1.807, 2.05) is 13.8 Å². The molecule has 2 unspecified atom stereocenters. The molecule has 0 aliphatic carbocycles. The molecule has 3 heteroatoms. The van der Waals surface area contributed by atoms with Gasteiger partial charge in [-0.25, -0.2) is 0 Å². The predicted octanol–water partition coefficient (Wildman–Crippen LogP) is 2.16. The van der Waals surface area contributed by atoms with E-state index in [1.165, 1.54) is 0 Å². The largest absolute Gasteiger partial charge is 0.368 e. The van der Waals surface area contributed by atoms with Gasteiger partial charge in [0.2, 0.25) is 0 Å². The van der Waals surface area contributed by atoms with Crippen molar-refractivity contribution in [2.24, 2.45) is 0 Å². The Morgan fingerprint density at radius 2 is 2.09 bits per heavy atom. The van der Waals surface area contributed by atoms with Crippen LogP contribution in [0.5, 0.6) is 0 Å². The smallest absolute Gasteiger partial charge is 0.112 e. The van der Waals surface area contributed by atoms with Crippen molar-refractivity contribution in [2.75, 3.05) is 7.11 Å². The molecular formula is C8H13NOS. The van der Waals surface area contributed by atoms with Gasteiger partial charge in [-0.2, -0.15) is 5.26 Å². The van der Waals surface area contributed by atoms with Crippen LogP contribution in [0, 0.1) is 11.3 Å². The van der Waals surface area contributed by atoms with Gasteiger partial charge in [-0.05, 0) is 26.7 Å². The van der Waals surface area contributed by atoms with Crippen LogP contribution in [0.3, 0.4) is 0 Å². The van der Waals surface area contributed by atoms with E-state index in [2.05, 4.69) is 6.07 Å². The van der Waals surface area contributed by atoms with Gasteiger partial charge in [-0.15, -0.1) is 11.8 Å². The molecule has 1 rings (SSSR count). The molecule has 62 valence electrons. The molecule has 0 radical (unpaired) electrons. The summed E-state index contributed by atoms with van der Waals surface area (Å²) >= 11 is 1.63. The third-order valence-electron chi connectivity index (χ3n) is 2.17. The maximum atomic E-state index is 8.83. The van der Waals surface area contributed by atoms with Crippen LogP contribution in [0.25, 0.3) is 0 Å².